The number of hydrogen-bond donors (Lipinski definition) is 2. The van der Waals surface area contributed by atoms with Crippen LogP contribution in [0.15, 0.2) is 24.5 Å². The monoisotopic (exact) mass is 193 g/mol. The SMILES string of the molecule is CC[C@H](C)[C@H](N)CNc1ccncc1. The van der Waals surface area contributed by atoms with E-state index in [4.69, 9.17) is 5.73 Å². The van der Waals surface area contributed by atoms with Crippen molar-refractivity contribution in [2.24, 2.45) is 11.7 Å². The number of nitrogens with two attached hydrogens (primary N) is 1. The lowest BCUT2D eigenvalue weighted by atomic mass is 10.0. The summed E-state index contributed by atoms with van der Waals surface area (Å²) in [6.45, 7) is 5.16. The molecule has 1 heterocycles. The molecule has 0 aromatic carbocycles. The number of aromatic nitrogens is 1. The van der Waals surface area contributed by atoms with Crippen LogP contribution in [0, 0.1) is 5.92 Å². The van der Waals surface area contributed by atoms with E-state index in [1.807, 2.05) is 12.1 Å². The van der Waals surface area contributed by atoms with Crippen molar-refractivity contribution < 1.29 is 0 Å². The van der Waals surface area contributed by atoms with Gasteiger partial charge in [-0.05, 0) is 18.1 Å². The van der Waals surface area contributed by atoms with E-state index in [1.54, 1.807) is 12.4 Å². The summed E-state index contributed by atoms with van der Waals surface area (Å²) in [6.07, 6.45) is 4.67. The molecular formula is C11H19N3. The summed E-state index contributed by atoms with van der Waals surface area (Å²) in [5, 5.41) is 3.29. The molecule has 0 spiro atoms. The Morgan fingerprint density at radius 1 is 1.43 bits per heavy atom. The van der Waals surface area contributed by atoms with Crippen LogP contribution in [0.25, 0.3) is 0 Å². The van der Waals surface area contributed by atoms with E-state index in [-0.39, 0.29) is 6.04 Å². The quantitative estimate of drug-likeness (QED) is 0.750. The Hall–Kier alpha value is -1.09. The first-order chi connectivity index (χ1) is 6.74. The van der Waals surface area contributed by atoms with E-state index in [2.05, 4.69) is 24.1 Å². The molecule has 0 saturated carbocycles. The second kappa shape index (κ2) is 5.60. The normalized spacial score (nSPS) is 14.8. The molecule has 0 radical (unpaired) electrons. The summed E-state index contributed by atoms with van der Waals surface area (Å²) in [4.78, 5) is 3.95. The van der Waals surface area contributed by atoms with E-state index in [9.17, 15) is 0 Å². The van der Waals surface area contributed by atoms with Gasteiger partial charge in [-0.25, -0.2) is 0 Å². The summed E-state index contributed by atoms with van der Waals surface area (Å²) in [5.74, 6) is 0.560. The molecule has 1 aromatic rings. The van der Waals surface area contributed by atoms with Gasteiger partial charge in [0.1, 0.15) is 0 Å². The molecule has 0 saturated heterocycles. The highest BCUT2D eigenvalue weighted by Crippen LogP contribution is 2.08. The van der Waals surface area contributed by atoms with E-state index < -0.39 is 0 Å². The summed E-state index contributed by atoms with van der Waals surface area (Å²) in [5.41, 5.74) is 7.08. The second-order valence-electron chi connectivity index (χ2n) is 3.67. The summed E-state index contributed by atoms with van der Waals surface area (Å²) in [6, 6.07) is 4.11. The van der Waals surface area contributed by atoms with Gasteiger partial charge >= 0.3 is 0 Å². The third-order valence-electron chi connectivity index (χ3n) is 2.60. The third-order valence-corrected chi connectivity index (χ3v) is 2.60. The molecule has 14 heavy (non-hydrogen) atoms. The lowest BCUT2D eigenvalue weighted by molar-refractivity contribution is 0.457. The van der Waals surface area contributed by atoms with Crippen molar-refractivity contribution in [3.8, 4) is 0 Å². The predicted molar refractivity (Wildman–Crippen MR) is 60.2 cm³/mol. The van der Waals surface area contributed by atoms with Gasteiger partial charge in [-0.1, -0.05) is 20.3 Å². The van der Waals surface area contributed by atoms with Gasteiger partial charge in [-0.2, -0.15) is 0 Å². The van der Waals surface area contributed by atoms with Crippen molar-refractivity contribution in [1.82, 2.24) is 4.98 Å². The van der Waals surface area contributed by atoms with Gasteiger partial charge in [0.15, 0.2) is 0 Å². The Balaban J connectivity index is 2.34. The van der Waals surface area contributed by atoms with Gasteiger partial charge in [-0.3, -0.25) is 4.98 Å². The van der Waals surface area contributed by atoms with Gasteiger partial charge < -0.3 is 11.1 Å². The van der Waals surface area contributed by atoms with Gasteiger partial charge in [0.25, 0.3) is 0 Å². The van der Waals surface area contributed by atoms with E-state index >= 15 is 0 Å². The molecule has 0 bridgehead atoms. The van der Waals surface area contributed by atoms with Gasteiger partial charge in [0.05, 0.1) is 0 Å². The maximum Gasteiger partial charge on any atom is 0.0371 e. The van der Waals surface area contributed by atoms with E-state index in [1.165, 1.54) is 0 Å². The standard InChI is InChI=1S/C11H19N3/c1-3-9(2)11(12)8-14-10-4-6-13-7-5-10/h4-7,9,11H,3,8,12H2,1-2H3,(H,13,14)/t9-,11+/m0/s1. The Morgan fingerprint density at radius 2 is 2.07 bits per heavy atom. The summed E-state index contributed by atoms with van der Waals surface area (Å²) >= 11 is 0. The van der Waals surface area contributed by atoms with Crippen molar-refractivity contribution in [3.63, 3.8) is 0 Å². The molecule has 0 fully saturated rings. The van der Waals surface area contributed by atoms with Crippen molar-refractivity contribution in [1.29, 1.82) is 0 Å². The molecule has 1 aromatic heterocycles. The number of pyridine rings is 1. The Kier molecular flexibility index (Phi) is 4.40. The highest BCUT2D eigenvalue weighted by molar-refractivity contribution is 5.40. The lowest BCUT2D eigenvalue weighted by Gasteiger charge is -2.19. The molecule has 3 N–H and O–H groups in total. The average molecular weight is 193 g/mol. The van der Waals surface area contributed by atoms with Crippen molar-refractivity contribution >= 4 is 5.69 Å². The van der Waals surface area contributed by atoms with Crippen LogP contribution in [0.3, 0.4) is 0 Å². The molecule has 2 atom stereocenters. The first kappa shape index (κ1) is 11.0. The average Bonchev–Trinajstić information content (AvgIpc) is 2.26. The third kappa shape index (κ3) is 3.34. The van der Waals surface area contributed by atoms with E-state index in [0.717, 1.165) is 18.7 Å². The van der Waals surface area contributed by atoms with Crippen LogP contribution in [0.5, 0.6) is 0 Å². The fourth-order valence-electron chi connectivity index (χ4n) is 1.21. The number of anilines is 1. The fourth-order valence-corrected chi connectivity index (χ4v) is 1.21. The smallest absolute Gasteiger partial charge is 0.0371 e. The van der Waals surface area contributed by atoms with Crippen LogP contribution in [-0.4, -0.2) is 17.6 Å². The maximum atomic E-state index is 6.00. The van der Waals surface area contributed by atoms with Crippen LogP contribution in [0.4, 0.5) is 5.69 Å². The molecule has 0 aliphatic carbocycles. The zero-order chi connectivity index (χ0) is 10.4. The molecule has 0 unspecified atom stereocenters. The van der Waals surface area contributed by atoms with Crippen LogP contribution in [0.1, 0.15) is 20.3 Å². The van der Waals surface area contributed by atoms with Gasteiger partial charge in [0.2, 0.25) is 0 Å². The van der Waals surface area contributed by atoms with Gasteiger partial charge in [0, 0.05) is 30.7 Å². The first-order valence-electron chi connectivity index (χ1n) is 5.13. The van der Waals surface area contributed by atoms with Gasteiger partial charge in [-0.15, -0.1) is 0 Å². The highest BCUT2D eigenvalue weighted by atomic mass is 14.9. The molecule has 78 valence electrons. The maximum absolute atomic E-state index is 6.00. The van der Waals surface area contributed by atoms with Crippen molar-refractivity contribution in [3.05, 3.63) is 24.5 Å². The highest BCUT2D eigenvalue weighted by Gasteiger charge is 2.09. The molecule has 3 heteroatoms. The Labute approximate surface area is 85.7 Å². The minimum atomic E-state index is 0.216. The lowest BCUT2D eigenvalue weighted by Crippen LogP contribution is -2.35. The Morgan fingerprint density at radius 3 is 2.64 bits per heavy atom. The Bertz CT molecular complexity index is 248. The molecule has 3 nitrogen and oxygen atoms in total. The molecule has 1 rings (SSSR count). The van der Waals surface area contributed by atoms with Crippen molar-refractivity contribution in [2.75, 3.05) is 11.9 Å². The van der Waals surface area contributed by atoms with E-state index in [0.29, 0.717) is 5.92 Å². The second-order valence-corrected chi connectivity index (χ2v) is 3.67. The van der Waals surface area contributed by atoms with Crippen LogP contribution in [0.2, 0.25) is 0 Å². The number of hydrogen-bond acceptors (Lipinski definition) is 3. The van der Waals surface area contributed by atoms with Crippen LogP contribution in [-0.2, 0) is 0 Å². The summed E-state index contributed by atoms with van der Waals surface area (Å²) < 4.78 is 0. The number of rotatable bonds is 5. The minimum absolute atomic E-state index is 0.216. The topological polar surface area (TPSA) is 50.9 Å². The molecule has 0 amide bonds. The first-order valence-corrected chi connectivity index (χ1v) is 5.13. The van der Waals surface area contributed by atoms with Crippen LogP contribution >= 0.6 is 0 Å². The number of nitrogens with zero attached hydrogens (tertiary/aromatic N) is 1. The zero-order valence-corrected chi connectivity index (χ0v) is 8.90. The molecule has 0 aliphatic heterocycles. The summed E-state index contributed by atoms with van der Waals surface area (Å²) in [7, 11) is 0. The van der Waals surface area contributed by atoms with Crippen molar-refractivity contribution in [2.45, 2.75) is 26.3 Å². The molecular weight excluding hydrogens is 174 g/mol. The minimum Gasteiger partial charge on any atom is -0.383 e. The fraction of sp³-hybridized carbons (Fsp3) is 0.545. The predicted octanol–water partition coefficient (Wildman–Crippen LogP) is 1.87. The zero-order valence-electron chi connectivity index (χ0n) is 8.90. The number of nitrogens with one attached hydrogen (secondary N) is 1. The molecule has 0 aliphatic rings. The van der Waals surface area contributed by atoms with Crippen LogP contribution < -0.4 is 11.1 Å². The largest absolute Gasteiger partial charge is 0.383 e.